The third-order valence-electron chi connectivity index (χ3n) is 5.33. The lowest BCUT2D eigenvalue weighted by Crippen LogP contribution is -2.60. The molecule has 0 saturated carbocycles. The molecule has 110 valence electrons. The quantitative estimate of drug-likeness (QED) is 0.908. The Morgan fingerprint density at radius 2 is 2.15 bits per heavy atom. The molecule has 1 aliphatic carbocycles. The molecule has 3 unspecified atom stereocenters. The second kappa shape index (κ2) is 5.70. The summed E-state index contributed by atoms with van der Waals surface area (Å²) in [5, 5.41) is 0.696. The normalized spacial score (nSPS) is 34.8. The van der Waals surface area contributed by atoms with E-state index in [2.05, 4.69) is 54.8 Å². The van der Waals surface area contributed by atoms with Gasteiger partial charge >= 0.3 is 0 Å². The fourth-order valence-electron chi connectivity index (χ4n) is 4.06. The van der Waals surface area contributed by atoms with Crippen molar-refractivity contribution in [3.8, 4) is 0 Å². The van der Waals surface area contributed by atoms with Gasteiger partial charge in [-0.05, 0) is 37.3 Å². The molecule has 1 heterocycles. The van der Waals surface area contributed by atoms with E-state index in [1.807, 2.05) is 0 Å². The summed E-state index contributed by atoms with van der Waals surface area (Å²) in [7, 11) is 0. The third kappa shape index (κ3) is 2.20. The first kappa shape index (κ1) is 14.4. The van der Waals surface area contributed by atoms with Gasteiger partial charge in [-0.15, -0.1) is 0 Å². The van der Waals surface area contributed by atoms with E-state index in [0.717, 1.165) is 6.54 Å². The highest BCUT2D eigenvalue weighted by atomic mass is 32.2. The second-order valence-corrected chi connectivity index (χ2v) is 7.74. The summed E-state index contributed by atoms with van der Waals surface area (Å²) in [6.45, 7) is 6.65. The maximum Gasteiger partial charge on any atom is 0.0589 e. The highest BCUT2D eigenvalue weighted by Crippen LogP contribution is 2.43. The average Bonchev–Trinajstić information content (AvgIpc) is 2.49. The Bertz CT molecular complexity index is 476. The van der Waals surface area contributed by atoms with E-state index in [9.17, 15) is 0 Å². The topological polar surface area (TPSA) is 29.3 Å². The molecule has 0 amide bonds. The van der Waals surface area contributed by atoms with Gasteiger partial charge in [-0.2, -0.15) is 11.8 Å². The van der Waals surface area contributed by atoms with E-state index >= 15 is 0 Å². The van der Waals surface area contributed by atoms with Crippen LogP contribution in [0.25, 0.3) is 0 Å². The first-order valence-electron chi connectivity index (χ1n) is 7.86. The summed E-state index contributed by atoms with van der Waals surface area (Å²) in [5.74, 6) is 1.23. The van der Waals surface area contributed by atoms with Crippen molar-refractivity contribution in [2.75, 3.05) is 18.8 Å². The van der Waals surface area contributed by atoms with Gasteiger partial charge in [0.25, 0.3) is 0 Å². The predicted octanol–water partition coefficient (Wildman–Crippen LogP) is 3.00. The Morgan fingerprint density at radius 1 is 1.35 bits per heavy atom. The van der Waals surface area contributed by atoms with Crippen LogP contribution in [0.5, 0.6) is 0 Å². The molecule has 0 spiro atoms. The number of benzene rings is 1. The van der Waals surface area contributed by atoms with Gasteiger partial charge in [-0.25, -0.2) is 0 Å². The maximum atomic E-state index is 6.34. The van der Waals surface area contributed by atoms with Crippen molar-refractivity contribution >= 4 is 11.8 Å². The van der Waals surface area contributed by atoms with Crippen molar-refractivity contribution < 1.29 is 0 Å². The molecule has 2 aliphatic rings. The molecule has 20 heavy (non-hydrogen) atoms. The van der Waals surface area contributed by atoms with Crippen molar-refractivity contribution in [1.29, 1.82) is 0 Å². The minimum absolute atomic E-state index is 0.0729. The maximum absolute atomic E-state index is 6.34. The molecule has 3 atom stereocenters. The van der Waals surface area contributed by atoms with E-state index in [-0.39, 0.29) is 5.54 Å². The summed E-state index contributed by atoms with van der Waals surface area (Å²) < 4.78 is 0. The molecule has 1 aromatic carbocycles. The van der Waals surface area contributed by atoms with Crippen LogP contribution < -0.4 is 5.73 Å². The van der Waals surface area contributed by atoms with E-state index in [1.54, 1.807) is 0 Å². The highest BCUT2D eigenvalue weighted by molar-refractivity contribution is 8.00. The van der Waals surface area contributed by atoms with Crippen molar-refractivity contribution in [3.05, 3.63) is 35.4 Å². The van der Waals surface area contributed by atoms with Gasteiger partial charge in [0.2, 0.25) is 0 Å². The first-order chi connectivity index (χ1) is 9.69. The SMILES string of the molecule is CC1SCCN(C2(CN)CCCc3ccccc32)C1C. The van der Waals surface area contributed by atoms with Crippen LogP contribution in [-0.2, 0) is 12.0 Å². The molecule has 1 aromatic rings. The van der Waals surface area contributed by atoms with Crippen LogP contribution in [0, 0.1) is 0 Å². The monoisotopic (exact) mass is 290 g/mol. The van der Waals surface area contributed by atoms with Crippen molar-refractivity contribution in [2.45, 2.75) is 49.9 Å². The average molecular weight is 290 g/mol. The van der Waals surface area contributed by atoms with Gasteiger partial charge in [0, 0.05) is 30.1 Å². The largest absolute Gasteiger partial charge is 0.328 e. The minimum Gasteiger partial charge on any atom is -0.328 e. The number of hydrogen-bond donors (Lipinski definition) is 1. The summed E-state index contributed by atoms with van der Waals surface area (Å²) in [4.78, 5) is 2.71. The van der Waals surface area contributed by atoms with Crippen molar-refractivity contribution in [1.82, 2.24) is 4.90 Å². The summed E-state index contributed by atoms with van der Waals surface area (Å²) in [6, 6.07) is 9.57. The molecule has 1 aliphatic heterocycles. The van der Waals surface area contributed by atoms with E-state index < -0.39 is 0 Å². The zero-order valence-electron chi connectivity index (χ0n) is 12.6. The van der Waals surface area contributed by atoms with Gasteiger partial charge in [0.15, 0.2) is 0 Å². The Morgan fingerprint density at radius 3 is 2.95 bits per heavy atom. The molecule has 1 saturated heterocycles. The molecule has 3 rings (SSSR count). The van der Waals surface area contributed by atoms with Crippen LogP contribution >= 0.6 is 11.8 Å². The zero-order chi connectivity index (χ0) is 14.2. The van der Waals surface area contributed by atoms with Gasteiger partial charge in [-0.3, -0.25) is 4.90 Å². The molecule has 0 bridgehead atoms. The van der Waals surface area contributed by atoms with Crippen LogP contribution in [-0.4, -0.2) is 35.0 Å². The van der Waals surface area contributed by atoms with Gasteiger partial charge in [0.05, 0.1) is 5.54 Å². The van der Waals surface area contributed by atoms with Crippen LogP contribution in [0.1, 0.15) is 37.8 Å². The molecular formula is C17H26N2S. The number of fused-ring (bicyclic) bond motifs is 1. The summed E-state index contributed by atoms with van der Waals surface area (Å²) in [6.07, 6.45) is 3.69. The van der Waals surface area contributed by atoms with Crippen LogP contribution in [0.3, 0.4) is 0 Å². The number of hydrogen-bond acceptors (Lipinski definition) is 3. The number of nitrogens with two attached hydrogens (primary N) is 1. The summed E-state index contributed by atoms with van der Waals surface area (Å²) >= 11 is 2.10. The van der Waals surface area contributed by atoms with Crippen molar-refractivity contribution in [2.24, 2.45) is 5.73 Å². The van der Waals surface area contributed by atoms with Crippen LogP contribution in [0.2, 0.25) is 0 Å². The third-order valence-corrected chi connectivity index (χ3v) is 6.66. The molecule has 3 heteroatoms. The Balaban J connectivity index is 2.04. The fourth-order valence-corrected chi connectivity index (χ4v) is 5.16. The summed E-state index contributed by atoms with van der Waals surface area (Å²) in [5.41, 5.74) is 9.43. The Kier molecular flexibility index (Phi) is 4.11. The molecular weight excluding hydrogens is 264 g/mol. The molecule has 2 nitrogen and oxygen atoms in total. The first-order valence-corrected chi connectivity index (χ1v) is 8.91. The van der Waals surface area contributed by atoms with Crippen LogP contribution in [0.4, 0.5) is 0 Å². The molecule has 0 aromatic heterocycles. The smallest absolute Gasteiger partial charge is 0.0589 e. The Labute approximate surface area is 127 Å². The molecule has 2 N–H and O–H groups in total. The lowest BCUT2D eigenvalue weighted by Gasteiger charge is -2.53. The van der Waals surface area contributed by atoms with E-state index in [4.69, 9.17) is 5.73 Å². The molecule has 0 radical (unpaired) electrons. The van der Waals surface area contributed by atoms with E-state index in [0.29, 0.717) is 11.3 Å². The zero-order valence-corrected chi connectivity index (χ0v) is 13.5. The van der Waals surface area contributed by atoms with Gasteiger partial charge in [-0.1, -0.05) is 31.2 Å². The fraction of sp³-hybridized carbons (Fsp3) is 0.647. The van der Waals surface area contributed by atoms with Crippen LogP contribution in [0.15, 0.2) is 24.3 Å². The molecule has 1 fully saturated rings. The lowest BCUT2D eigenvalue weighted by molar-refractivity contribution is 0.0399. The van der Waals surface area contributed by atoms with Gasteiger partial charge < -0.3 is 5.73 Å². The number of nitrogens with zero attached hydrogens (tertiary/aromatic N) is 1. The number of thioether (sulfide) groups is 1. The second-order valence-electron chi connectivity index (χ2n) is 6.26. The lowest BCUT2D eigenvalue weighted by atomic mass is 9.74. The van der Waals surface area contributed by atoms with E-state index in [1.165, 1.54) is 42.7 Å². The Hall–Kier alpha value is -0.510. The van der Waals surface area contributed by atoms with Crippen molar-refractivity contribution in [3.63, 3.8) is 0 Å². The predicted molar refractivity (Wildman–Crippen MR) is 88.2 cm³/mol. The van der Waals surface area contributed by atoms with Gasteiger partial charge in [0.1, 0.15) is 0 Å². The highest BCUT2D eigenvalue weighted by Gasteiger charge is 2.44. The number of rotatable bonds is 2. The standard InChI is InChI=1S/C17H26N2S/c1-13-14(2)20-11-10-19(13)17(12-18)9-5-7-15-6-3-4-8-16(15)17/h3-4,6,8,13-14H,5,7,9-12,18H2,1-2H3. The minimum atomic E-state index is 0.0729. The number of aryl methyl sites for hydroxylation is 1.